The van der Waals surface area contributed by atoms with E-state index in [9.17, 15) is 17.6 Å². The van der Waals surface area contributed by atoms with E-state index in [1.54, 1.807) is 6.20 Å². The molecule has 2 aromatic rings. The lowest BCUT2D eigenvalue weighted by atomic mass is 10.1. The van der Waals surface area contributed by atoms with E-state index in [0.717, 1.165) is 49.4 Å². The number of aromatic nitrogens is 1. The van der Waals surface area contributed by atoms with Gasteiger partial charge in [0.2, 0.25) is 0 Å². The van der Waals surface area contributed by atoms with E-state index in [-0.39, 0.29) is 12.1 Å². The van der Waals surface area contributed by atoms with Crippen molar-refractivity contribution in [1.82, 2.24) is 15.6 Å². The molecule has 29 heavy (non-hydrogen) atoms. The summed E-state index contributed by atoms with van der Waals surface area (Å²) in [5.74, 6) is 0.350. The first-order valence-corrected chi connectivity index (χ1v) is 9.37. The lowest BCUT2D eigenvalue weighted by Gasteiger charge is -2.18. The average molecular weight is 409 g/mol. The molecule has 0 amide bonds. The summed E-state index contributed by atoms with van der Waals surface area (Å²) in [5, 5.41) is 5.93. The molecular weight excluding hydrogens is 386 g/mol. The molecule has 1 saturated heterocycles. The van der Waals surface area contributed by atoms with Gasteiger partial charge in [-0.3, -0.25) is 4.99 Å². The van der Waals surface area contributed by atoms with Crippen LogP contribution in [0.5, 0.6) is 0 Å². The molecule has 0 radical (unpaired) electrons. The van der Waals surface area contributed by atoms with Crippen LogP contribution in [0.2, 0.25) is 0 Å². The van der Waals surface area contributed by atoms with Gasteiger partial charge in [-0.25, -0.2) is 9.37 Å². The van der Waals surface area contributed by atoms with Crippen LogP contribution in [0, 0.1) is 5.82 Å². The number of benzene rings is 1. The molecule has 156 valence electrons. The van der Waals surface area contributed by atoms with Crippen LogP contribution in [0.1, 0.15) is 29.5 Å². The first-order valence-electron chi connectivity index (χ1n) is 9.37. The van der Waals surface area contributed by atoms with E-state index in [1.807, 2.05) is 12.1 Å². The van der Waals surface area contributed by atoms with Gasteiger partial charge in [-0.1, -0.05) is 6.07 Å². The van der Waals surface area contributed by atoms with E-state index in [1.165, 1.54) is 7.05 Å². The summed E-state index contributed by atoms with van der Waals surface area (Å²) in [5.41, 5.74) is -0.0606. The van der Waals surface area contributed by atoms with Gasteiger partial charge in [-0.15, -0.1) is 0 Å². The highest BCUT2D eigenvalue weighted by Gasteiger charge is 2.33. The third-order valence-corrected chi connectivity index (χ3v) is 4.75. The summed E-state index contributed by atoms with van der Waals surface area (Å²) in [7, 11) is 1.53. The topological polar surface area (TPSA) is 52.6 Å². The van der Waals surface area contributed by atoms with Crippen molar-refractivity contribution >= 4 is 11.8 Å². The SMILES string of the molecule is CN=C(NCc1ccnc(N2CCCC2)c1)NCc1ccc(F)cc1C(F)(F)F. The van der Waals surface area contributed by atoms with Gasteiger partial charge in [0.05, 0.1) is 5.56 Å². The minimum atomic E-state index is -4.63. The third-order valence-electron chi connectivity index (χ3n) is 4.75. The Labute approximate surface area is 166 Å². The number of rotatable bonds is 5. The van der Waals surface area contributed by atoms with Crippen LogP contribution in [-0.2, 0) is 19.3 Å². The lowest BCUT2D eigenvalue weighted by molar-refractivity contribution is -0.138. The van der Waals surface area contributed by atoms with E-state index in [0.29, 0.717) is 18.6 Å². The second kappa shape index (κ2) is 9.11. The van der Waals surface area contributed by atoms with E-state index in [2.05, 4.69) is 25.5 Å². The van der Waals surface area contributed by atoms with Crippen LogP contribution in [0.25, 0.3) is 0 Å². The first kappa shape index (κ1) is 20.9. The maximum Gasteiger partial charge on any atom is 0.416 e. The van der Waals surface area contributed by atoms with Crippen molar-refractivity contribution in [2.24, 2.45) is 4.99 Å². The van der Waals surface area contributed by atoms with Gasteiger partial charge >= 0.3 is 6.18 Å². The van der Waals surface area contributed by atoms with Crippen molar-refractivity contribution in [1.29, 1.82) is 0 Å². The highest BCUT2D eigenvalue weighted by Crippen LogP contribution is 2.32. The zero-order valence-corrected chi connectivity index (χ0v) is 16.1. The van der Waals surface area contributed by atoms with Crippen LogP contribution < -0.4 is 15.5 Å². The predicted molar refractivity (Wildman–Crippen MR) is 104 cm³/mol. The number of hydrogen-bond acceptors (Lipinski definition) is 3. The van der Waals surface area contributed by atoms with Crippen LogP contribution >= 0.6 is 0 Å². The van der Waals surface area contributed by atoms with Crippen molar-refractivity contribution in [3.05, 3.63) is 59.0 Å². The van der Waals surface area contributed by atoms with Crippen LogP contribution in [-0.4, -0.2) is 31.1 Å². The molecule has 1 fully saturated rings. The van der Waals surface area contributed by atoms with Gasteiger partial charge in [0.15, 0.2) is 5.96 Å². The molecule has 3 rings (SSSR count). The third kappa shape index (κ3) is 5.58. The van der Waals surface area contributed by atoms with Crippen molar-refractivity contribution in [3.8, 4) is 0 Å². The highest BCUT2D eigenvalue weighted by atomic mass is 19.4. The molecule has 0 atom stereocenters. The lowest BCUT2D eigenvalue weighted by Crippen LogP contribution is -2.36. The Morgan fingerprint density at radius 3 is 2.52 bits per heavy atom. The fourth-order valence-electron chi connectivity index (χ4n) is 3.24. The van der Waals surface area contributed by atoms with Crippen LogP contribution in [0.3, 0.4) is 0 Å². The fraction of sp³-hybridized carbons (Fsp3) is 0.400. The highest BCUT2D eigenvalue weighted by molar-refractivity contribution is 5.79. The Morgan fingerprint density at radius 2 is 1.83 bits per heavy atom. The number of pyridine rings is 1. The smallest absolute Gasteiger partial charge is 0.357 e. The maximum atomic E-state index is 13.2. The standard InChI is InChI=1S/C20H23F4N5/c1-25-19(28-13-15-4-5-16(21)11-17(15)20(22,23)24)27-12-14-6-7-26-18(10-14)29-8-2-3-9-29/h4-7,10-11H,2-3,8-9,12-13H2,1H3,(H2,25,27,28). The van der Waals surface area contributed by atoms with Gasteiger partial charge < -0.3 is 15.5 Å². The molecule has 1 aromatic heterocycles. The molecule has 2 N–H and O–H groups in total. The second-order valence-corrected chi connectivity index (χ2v) is 6.79. The van der Waals surface area contributed by atoms with Gasteiger partial charge in [0.1, 0.15) is 11.6 Å². The molecule has 1 aliphatic rings. The molecule has 1 aromatic carbocycles. The van der Waals surface area contributed by atoms with Crippen molar-refractivity contribution in [3.63, 3.8) is 0 Å². The van der Waals surface area contributed by atoms with Crippen molar-refractivity contribution in [2.75, 3.05) is 25.0 Å². The molecular formula is C20H23F4N5. The number of hydrogen-bond donors (Lipinski definition) is 2. The molecule has 0 unspecified atom stereocenters. The number of aliphatic imine (C=N–C) groups is 1. The van der Waals surface area contributed by atoms with Gasteiger partial charge in [0, 0.05) is 39.4 Å². The van der Waals surface area contributed by atoms with E-state index >= 15 is 0 Å². The van der Waals surface area contributed by atoms with Gasteiger partial charge in [-0.2, -0.15) is 13.2 Å². The Hall–Kier alpha value is -2.84. The van der Waals surface area contributed by atoms with Crippen LogP contribution in [0.15, 0.2) is 41.5 Å². The number of nitrogens with one attached hydrogen (secondary N) is 2. The number of nitrogens with zero attached hydrogens (tertiary/aromatic N) is 3. The van der Waals surface area contributed by atoms with E-state index < -0.39 is 17.6 Å². The summed E-state index contributed by atoms with van der Waals surface area (Å²) < 4.78 is 52.6. The molecule has 0 saturated carbocycles. The second-order valence-electron chi connectivity index (χ2n) is 6.79. The number of guanidine groups is 1. The minimum Gasteiger partial charge on any atom is -0.357 e. The quantitative estimate of drug-likeness (QED) is 0.449. The zero-order chi connectivity index (χ0) is 20.9. The Kier molecular flexibility index (Phi) is 6.56. The summed E-state index contributed by atoms with van der Waals surface area (Å²) in [6, 6.07) is 6.52. The molecule has 2 heterocycles. The average Bonchev–Trinajstić information content (AvgIpc) is 3.23. The Balaban J connectivity index is 1.60. The first-order chi connectivity index (χ1) is 13.9. The molecule has 5 nitrogen and oxygen atoms in total. The predicted octanol–water partition coefficient (Wildman–Crippen LogP) is 3.70. The summed E-state index contributed by atoms with van der Waals surface area (Å²) in [6.45, 7) is 2.29. The largest absolute Gasteiger partial charge is 0.416 e. The molecule has 9 heteroatoms. The molecule has 0 spiro atoms. The van der Waals surface area contributed by atoms with Crippen LogP contribution in [0.4, 0.5) is 23.4 Å². The fourth-order valence-corrected chi connectivity index (χ4v) is 3.24. The summed E-state index contributed by atoms with van der Waals surface area (Å²) in [4.78, 5) is 10.7. The number of halogens is 4. The van der Waals surface area contributed by atoms with Gasteiger partial charge in [0.25, 0.3) is 0 Å². The van der Waals surface area contributed by atoms with Crippen molar-refractivity contribution in [2.45, 2.75) is 32.1 Å². The maximum absolute atomic E-state index is 13.2. The number of alkyl halides is 3. The Morgan fingerprint density at radius 1 is 1.10 bits per heavy atom. The monoisotopic (exact) mass is 409 g/mol. The number of anilines is 1. The van der Waals surface area contributed by atoms with E-state index in [4.69, 9.17) is 0 Å². The summed E-state index contributed by atoms with van der Waals surface area (Å²) >= 11 is 0. The van der Waals surface area contributed by atoms with Gasteiger partial charge in [-0.05, 0) is 48.2 Å². The van der Waals surface area contributed by atoms with Crippen molar-refractivity contribution < 1.29 is 17.6 Å². The molecule has 1 aliphatic heterocycles. The summed E-state index contributed by atoms with van der Waals surface area (Å²) in [6.07, 6.45) is -0.567. The molecule has 0 bridgehead atoms. The Bertz CT molecular complexity index is 860. The molecule has 0 aliphatic carbocycles. The minimum absolute atomic E-state index is 0.0536. The zero-order valence-electron chi connectivity index (χ0n) is 16.1. The normalized spacial score (nSPS) is 14.9.